The Balaban J connectivity index is 1.41. The second kappa shape index (κ2) is 12.8. The molecule has 3 aromatic rings. The number of ether oxygens (including phenoxy) is 3. The number of allylic oxidation sites excluding steroid dienone is 2. The van der Waals surface area contributed by atoms with Gasteiger partial charge in [-0.1, -0.05) is 30.3 Å². The maximum Gasteiger partial charge on any atom is 0.306 e. The largest absolute Gasteiger partial charge is 0.497 e. The van der Waals surface area contributed by atoms with Crippen molar-refractivity contribution in [3.05, 3.63) is 94.9 Å². The smallest absolute Gasteiger partial charge is 0.306 e. The van der Waals surface area contributed by atoms with Crippen molar-refractivity contribution >= 4 is 5.97 Å². The zero-order valence-electron chi connectivity index (χ0n) is 24.5. The van der Waals surface area contributed by atoms with Crippen molar-refractivity contribution in [1.29, 1.82) is 0 Å². The molecule has 0 unspecified atom stereocenters. The molecule has 0 bridgehead atoms. The molecule has 0 amide bonds. The minimum Gasteiger partial charge on any atom is -0.497 e. The van der Waals surface area contributed by atoms with Crippen LogP contribution in [0.25, 0.3) is 11.1 Å². The first-order chi connectivity index (χ1) is 19.9. The number of esters is 1. The Morgan fingerprint density at radius 3 is 2.56 bits per heavy atom. The Morgan fingerprint density at radius 2 is 1.83 bits per heavy atom. The van der Waals surface area contributed by atoms with Crippen molar-refractivity contribution in [3.8, 4) is 22.6 Å². The highest BCUT2D eigenvalue weighted by atomic mass is 19.1. The number of benzene rings is 3. The van der Waals surface area contributed by atoms with Crippen LogP contribution in [0.1, 0.15) is 68.6 Å². The minimum absolute atomic E-state index is 0.150. The van der Waals surface area contributed by atoms with E-state index >= 15 is 4.39 Å². The number of carbonyl (C=O) groups excluding carboxylic acids is 1. The predicted octanol–water partition coefficient (Wildman–Crippen LogP) is 8.03. The molecule has 1 aliphatic heterocycles. The van der Waals surface area contributed by atoms with Crippen LogP contribution < -0.4 is 9.47 Å². The van der Waals surface area contributed by atoms with E-state index in [1.807, 2.05) is 24.3 Å². The molecule has 1 aliphatic carbocycles. The van der Waals surface area contributed by atoms with E-state index < -0.39 is 0 Å². The van der Waals surface area contributed by atoms with Gasteiger partial charge in [0.15, 0.2) is 0 Å². The van der Waals surface area contributed by atoms with E-state index in [-0.39, 0.29) is 17.7 Å². The summed E-state index contributed by atoms with van der Waals surface area (Å²) in [4.78, 5) is 14.4. The first-order valence-electron chi connectivity index (χ1n) is 14.5. The summed E-state index contributed by atoms with van der Waals surface area (Å²) < 4.78 is 31.7. The fraction of sp³-hybridized carbons (Fsp3) is 0.400. The molecule has 2 atom stereocenters. The summed E-state index contributed by atoms with van der Waals surface area (Å²) in [5.41, 5.74) is 5.80. The highest BCUT2D eigenvalue weighted by Crippen LogP contribution is 2.45. The van der Waals surface area contributed by atoms with Gasteiger partial charge in [0.1, 0.15) is 23.9 Å². The maximum atomic E-state index is 15.1. The highest BCUT2D eigenvalue weighted by Gasteiger charge is 2.34. The molecule has 5 nitrogen and oxygen atoms in total. The van der Waals surface area contributed by atoms with Gasteiger partial charge in [0.05, 0.1) is 20.6 Å². The van der Waals surface area contributed by atoms with Crippen LogP contribution in [0.2, 0.25) is 0 Å². The third-order valence-corrected chi connectivity index (χ3v) is 8.48. The van der Waals surface area contributed by atoms with Crippen LogP contribution in [0.3, 0.4) is 0 Å². The molecule has 0 aromatic heterocycles. The first-order valence-corrected chi connectivity index (χ1v) is 14.5. The maximum absolute atomic E-state index is 15.1. The lowest BCUT2D eigenvalue weighted by atomic mass is 9.91. The molecule has 1 saturated carbocycles. The number of hydrogen-bond acceptors (Lipinski definition) is 5. The molecular formula is C35H40FNO4. The average Bonchev–Trinajstić information content (AvgIpc) is 3.83. The SMILES string of the molecule is COC(=O)C[C@H](c1cccc(OCc2ccc(-c3cc(OC)ccc3F)c(CN3C(C)=CCC[C@H]3C)c2)c1)C1CC1. The summed E-state index contributed by atoms with van der Waals surface area (Å²) in [6, 6.07) is 19.5. The third-order valence-electron chi connectivity index (χ3n) is 8.48. The summed E-state index contributed by atoms with van der Waals surface area (Å²) in [5.74, 6) is 1.61. The Hall–Kier alpha value is -3.80. The van der Waals surface area contributed by atoms with Crippen LogP contribution in [0.15, 0.2) is 72.4 Å². The number of rotatable bonds is 11. The van der Waals surface area contributed by atoms with Gasteiger partial charge in [-0.2, -0.15) is 0 Å². The molecular weight excluding hydrogens is 517 g/mol. The van der Waals surface area contributed by atoms with Gasteiger partial charge >= 0.3 is 5.97 Å². The van der Waals surface area contributed by atoms with Crippen molar-refractivity contribution in [1.82, 2.24) is 4.90 Å². The van der Waals surface area contributed by atoms with Gasteiger partial charge in [0.2, 0.25) is 0 Å². The highest BCUT2D eigenvalue weighted by molar-refractivity contribution is 5.71. The number of carbonyl (C=O) groups is 1. The Morgan fingerprint density at radius 1 is 1.00 bits per heavy atom. The van der Waals surface area contributed by atoms with Crippen LogP contribution in [0.5, 0.6) is 11.5 Å². The zero-order chi connectivity index (χ0) is 28.9. The van der Waals surface area contributed by atoms with Crippen LogP contribution in [0, 0.1) is 11.7 Å². The van der Waals surface area contributed by atoms with E-state index in [4.69, 9.17) is 14.2 Å². The van der Waals surface area contributed by atoms with Crippen LogP contribution in [0.4, 0.5) is 4.39 Å². The van der Waals surface area contributed by atoms with Gasteiger partial charge in [0, 0.05) is 23.8 Å². The second-order valence-electron chi connectivity index (χ2n) is 11.3. The zero-order valence-corrected chi connectivity index (χ0v) is 24.5. The molecule has 0 radical (unpaired) electrons. The Bertz CT molecular complexity index is 1410. The van der Waals surface area contributed by atoms with E-state index in [1.165, 1.54) is 18.9 Å². The van der Waals surface area contributed by atoms with E-state index in [9.17, 15) is 4.79 Å². The number of halogens is 1. The minimum atomic E-state index is -0.274. The van der Waals surface area contributed by atoms with Crippen molar-refractivity contribution < 1.29 is 23.4 Å². The van der Waals surface area contributed by atoms with E-state index in [0.717, 1.165) is 53.7 Å². The fourth-order valence-corrected chi connectivity index (χ4v) is 5.91. The van der Waals surface area contributed by atoms with Gasteiger partial charge < -0.3 is 19.1 Å². The lowest BCUT2D eigenvalue weighted by molar-refractivity contribution is -0.141. The molecule has 0 spiro atoms. The number of hydrogen-bond donors (Lipinski definition) is 0. The molecule has 2 aliphatic rings. The molecule has 216 valence electrons. The van der Waals surface area contributed by atoms with Gasteiger partial charge in [-0.05, 0) is 110 Å². The topological polar surface area (TPSA) is 48.0 Å². The molecule has 41 heavy (non-hydrogen) atoms. The van der Waals surface area contributed by atoms with E-state index in [1.54, 1.807) is 19.2 Å². The van der Waals surface area contributed by atoms with Crippen molar-refractivity contribution in [2.75, 3.05) is 14.2 Å². The van der Waals surface area contributed by atoms with Crippen LogP contribution in [-0.2, 0) is 22.7 Å². The van der Waals surface area contributed by atoms with Gasteiger partial charge in [0.25, 0.3) is 0 Å². The molecule has 6 heteroatoms. The van der Waals surface area contributed by atoms with E-state index in [2.05, 4.69) is 43.0 Å². The van der Waals surface area contributed by atoms with Gasteiger partial charge in [-0.15, -0.1) is 0 Å². The summed E-state index contributed by atoms with van der Waals surface area (Å²) in [6.07, 6.45) is 7.12. The standard InChI is InChI=1S/C35H40FNO4/c1-23-7-5-8-24(2)37(23)21-28-17-25(11-15-31(28)33-19-29(39-3)14-16-34(33)36)22-41-30-10-6-9-27(18-30)32(26-12-13-26)20-35(38)40-4/h6-7,9-11,14-19,24,26,32H,5,8,12-13,20-22H2,1-4H3/t24-,32+/m1/s1. The Labute approximate surface area is 242 Å². The van der Waals surface area contributed by atoms with E-state index in [0.29, 0.717) is 42.8 Å². The van der Waals surface area contributed by atoms with Crippen molar-refractivity contribution in [2.24, 2.45) is 5.92 Å². The van der Waals surface area contributed by atoms with Crippen LogP contribution >= 0.6 is 0 Å². The number of methoxy groups -OCH3 is 2. The van der Waals surface area contributed by atoms with Crippen LogP contribution in [-0.4, -0.2) is 31.1 Å². The monoisotopic (exact) mass is 557 g/mol. The summed E-state index contributed by atoms with van der Waals surface area (Å²) in [5, 5.41) is 0. The molecule has 0 saturated heterocycles. The molecule has 1 fully saturated rings. The Kier molecular flexibility index (Phi) is 8.96. The summed E-state index contributed by atoms with van der Waals surface area (Å²) >= 11 is 0. The fourth-order valence-electron chi connectivity index (χ4n) is 5.91. The van der Waals surface area contributed by atoms with Crippen molar-refractivity contribution in [2.45, 2.75) is 71.1 Å². The molecule has 0 N–H and O–H groups in total. The molecule has 5 rings (SSSR count). The number of nitrogens with zero attached hydrogens (tertiary/aromatic N) is 1. The second-order valence-corrected chi connectivity index (χ2v) is 11.3. The predicted molar refractivity (Wildman–Crippen MR) is 159 cm³/mol. The van der Waals surface area contributed by atoms with Crippen molar-refractivity contribution in [3.63, 3.8) is 0 Å². The average molecular weight is 558 g/mol. The normalized spacial score (nSPS) is 17.5. The molecule has 3 aromatic carbocycles. The lowest BCUT2D eigenvalue weighted by Gasteiger charge is -2.36. The third kappa shape index (κ3) is 6.92. The lowest BCUT2D eigenvalue weighted by Crippen LogP contribution is -2.33. The first kappa shape index (κ1) is 28.7. The summed E-state index contributed by atoms with van der Waals surface area (Å²) in [6.45, 7) is 5.45. The quantitative estimate of drug-likeness (QED) is 0.223. The summed E-state index contributed by atoms with van der Waals surface area (Å²) in [7, 11) is 3.04. The van der Waals surface area contributed by atoms with Gasteiger partial charge in [-0.3, -0.25) is 4.79 Å². The molecule has 1 heterocycles. The van der Waals surface area contributed by atoms with Gasteiger partial charge in [-0.25, -0.2) is 4.39 Å².